The minimum Gasteiger partial charge on any atom is -0.0693 e. The Kier molecular flexibility index (Phi) is 3.80. The van der Waals surface area contributed by atoms with Crippen molar-refractivity contribution >= 4 is 8.07 Å². The minimum absolute atomic E-state index is 0.761. The van der Waals surface area contributed by atoms with E-state index in [0.717, 1.165) is 11.8 Å². The molecule has 0 aliphatic carbocycles. The maximum Gasteiger partial charge on any atom is 0.0485 e. The number of benzene rings is 2. The van der Waals surface area contributed by atoms with Crippen molar-refractivity contribution in [1.82, 2.24) is 0 Å². The Morgan fingerprint density at radius 1 is 0.700 bits per heavy atom. The molecule has 2 aromatic rings. The molecule has 0 saturated carbocycles. The van der Waals surface area contributed by atoms with Crippen LogP contribution < -0.4 is 0 Å². The summed E-state index contributed by atoms with van der Waals surface area (Å²) in [7, 11) is -1.08. The average Bonchev–Trinajstić information content (AvgIpc) is 2.47. The summed E-state index contributed by atoms with van der Waals surface area (Å²) in [5.74, 6) is 1.52. The molecule has 0 spiro atoms. The second-order valence-electron chi connectivity index (χ2n) is 7.02. The molecule has 1 heterocycles. The summed E-state index contributed by atoms with van der Waals surface area (Å²) in [5, 5.41) is 0. The van der Waals surface area contributed by atoms with Crippen LogP contribution in [0.5, 0.6) is 0 Å². The van der Waals surface area contributed by atoms with Crippen LogP contribution in [0.2, 0.25) is 25.2 Å². The van der Waals surface area contributed by atoms with E-state index in [1.807, 2.05) is 0 Å². The summed E-state index contributed by atoms with van der Waals surface area (Å²) < 4.78 is 0. The van der Waals surface area contributed by atoms with E-state index < -0.39 is 8.07 Å². The Hall–Kier alpha value is -1.34. The molecule has 2 atom stereocenters. The lowest BCUT2D eigenvalue weighted by Crippen LogP contribution is -2.35. The molecule has 0 bridgehead atoms. The fourth-order valence-electron chi connectivity index (χ4n) is 3.89. The number of hydrogen-bond donors (Lipinski definition) is 0. The Morgan fingerprint density at radius 2 is 1.10 bits per heavy atom. The molecule has 1 saturated heterocycles. The predicted molar refractivity (Wildman–Crippen MR) is 90.1 cm³/mol. The third-order valence-corrected chi connectivity index (χ3v) is 7.90. The molecule has 104 valence electrons. The van der Waals surface area contributed by atoms with E-state index in [9.17, 15) is 0 Å². The summed E-state index contributed by atoms with van der Waals surface area (Å²) >= 11 is 0. The summed E-state index contributed by atoms with van der Waals surface area (Å²) in [6.07, 6.45) is 1.32. The molecule has 0 radical (unpaired) electrons. The van der Waals surface area contributed by atoms with Crippen molar-refractivity contribution in [3.8, 4) is 0 Å². The van der Waals surface area contributed by atoms with Crippen LogP contribution in [0, 0.1) is 0 Å². The molecule has 2 aromatic carbocycles. The van der Waals surface area contributed by atoms with Gasteiger partial charge >= 0.3 is 0 Å². The van der Waals surface area contributed by atoms with Crippen molar-refractivity contribution in [1.29, 1.82) is 0 Å². The van der Waals surface area contributed by atoms with Gasteiger partial charge in [-0.25, -0.2) is 0 Å². The van der Waals surface area contributed by atoms with Crippen molar-refractivity contribution in [3.05, 3.63) is 71.8 Å². The molecule has 0 aromatic heterocycles. The van der Waals surface area contributed by atoms with Crippen LogP contribution in [-0.2, 0) is 0 Å². The van der Waals surface area contributed by atoms with Crippen molar-refractivity contribution < 1.29 is 0 Å². The molecule has 0 nitrogen and oxygen atoms in total. The van der Waals surface area contributed by atoms with Gasteiger partial charge in [0.05, 0.1) is 0 Å². The van der Waals surface area contributed by atoms with E-state index in [-0.39, 0.29) is 0 Å². The van der Waals surface area contributed by atoms with Gasteiger partial charge < -0.3 is 0 Å². The van der Waals surface area contributed by atoms with E-state index >= 15 is 0 Å². The van der Waals surface area contributed by atoms with E-state index in [0.29, 0.717) is 0 Å². The average molecular weight is 280 g/mol. The number of rotatable bonds is 2. The molecule has 3 rings (SSSR count). The highest BCUT2D eigenvalue weighted by Crippen LogP contribution is 2.46. The van der Waals surface area contributed by atoms with Crippen LogP contribution in [-0.4, -0.2) is 8.07 Å². The monoisotopic (exact) mass is 280 g/mol. The molecular weight excluding hydrogens is 256 g/mol. The van der Waals surface area contributed by atoms with Crippen molar-refractivity contribution in [3.63, 3.8) is 0 Å². The summed E-state index contributed by atoms with van der Waals surface area (Å²) in [6.45, 7) is 5.14. The summed E-state index contributed by atoms with van der Waals surface area (Å²) in [4.78, 5) is 0. The third-order valence-electron chi connectivity index (χ3n) is 4.71. The predicted octanol–water partition coefficient (Wildman–Crippen LogP) is 5.67. The van der Waals surface area contributed by atoms with Crippen LogP contribution in [0.3, 0.4) is 0 Å². The van der Waals surface area contributed by atoms with Crippen molar-refractivity contribution in [2.75, 3.05) is 0 Å². The smallest absolute Gasteiger partial charge is 0.0485 e. The highest BCUT2D eigenvalue weighted by atomic mass is 28.3. The first-order valence-corrected chi connectivity index (χ1v) is 11.2. The van der Waals surface area contributed by atoms with Gasteiger partial charge in [-0.2, -0.15) is 0 Å². The van der Waals surface area contributed by atoms with Gasteiger partial charge in [0.15, 0.2) is 0 Å². The normalized spacial score (nSPS) is 25.3. The van der Waals surface area contributed by atoms with Crippen LogP contribution in [0.15, 0.2) is 60.7 Å². The lowest BCUT2D eigenvalue weighted by molar-refractivity contribution is 0.551. The quantitative estimate of drug-likeness (QED) is 0.622. The minimum atomic E-state index is -1.08. The number of hydrogen-bond acceptors (Lipinski definition) is 0. The largest absolute Gasteiger partial charge is 0.0693 e. The fourth-order valence-corrected chi connectivity index (χ4v) is 7.53. The lowest BCUT2D eigenvalue weighted by atomic mass is 9.86. The zero-order valence-electron chi connectivity index (χ0n) is 12.5. The molecular formula is C19H24Si. The zero-order valence-corrected chi connectivity index (χ0v) is 13.5. The van der Waals surface area contributed by atoms with Gasteiger partial charge in [-0.3, -0.25) is 0 Å². The van der Waals surface area contributed by atoms with Crippen LogP contribution in [0.25, 0.3) is 0 Å². The van der Waals surface area contributed by atoms with Gasteiger partial charge in [0.1, 0.15) is 0 Å². The first kappa shape index (κ1) is 13.6. The SMILES string of the molecule is C[Si]1(C)CC(c2ccccc2)CC(c2ccccc2)C1. The maximum absolute atomic E-state index is 2.57. The zero-order chi connectivity index (χ0) is 14.0. The summed E-state index contributed by atoms with van der Waals surface area (Å²) in [6, 6.07) is 25.2. The van der Waals surface area contributed by atoms with Gasteiger partial charge in [-0.1, -0.05) is 85.8 Å². The maximum atomic E-state index is 2.57. The molecule has 0 amide bonds. The van der Waals surface area contributed by atoms with E-state index in [4.69, 9.17) is 0 Å². The Balaban J connectivity index is 1.87. The van der Waals surface area contributed by atoms with E-state index in [1.165, 1.54) is 18.5 Å². The molecule has 1 aliphatic heterocycles. The molecule has 1 heteroatoms. The summed E-state index contributed by atoms with van der Waals surface area (Å²) in [5.41, 5.74) is 3.10. The van der Waals surface area contributed by atoms with Crippen LogP contribution in [0.1, 0.15) is 29.4 Å². The second kappa shape index (κ2) is 5.57. The van der Waals surface area contributed by atoms with Crippen LogP contribution >= 0.6 is 0 Å². The molecule has 1 fully saturated rings. The molecule has 1 aliphatic rings. The Bertz CT molecular complexity index is 495. The standard InChI is InChI=1S/C19H24Si/c1-20(2)14-18(16-9-5-3-6-10-16)13-19(15-20)17-11-7-4-8-12-17/h3-12,18-19H,13-15H2,1-2H3. The first-order valence-electron chi connectivity index (χ1n) is 7.74. The van der Waals surface area contributed by atoms with E-state index in [2.05, 4.69) is 73.8 Å². The van der Waals surface area contributed by atoms with Gasteiger partial charge in [0.25, 0.3) is 0 Å². The molecule has 0 N–H and O–H groups in total. The van der Waals surface area contributed by atoms with Crippen molar-refractivity contribution in [2.45, 2.75) is 43.4 Å². The molecule has 20 heavy (non-hydrogen) atoms. The second-order valence-corrected chi connectivity index (χ2v) is 12.2. The third kappa shape index (κ3) is 3.04. The van der Waals surface area contributed by atoms with E-state index in [1.54, 1.807) is 11.1 Å². The highest BCUT2D eigenvalue weighted by molar-refractivity contribution is 6.77. The molecule has 2 unspecified atom stereocenters. The van der Waals surface area contributed by atoms with Gasteiger partial charge in [-0.15, -0.1) is 0 Å². The highest BCUT2D eigenvalue weighted by Gasteiger charge is 2.36. The van der Waals surface area contributed by atoms with Crippen molar-refractivity contribution in [2.24, 2.45) is 0 Å². The first-order chi connectivity index (χ1) is 9.64. The fraction of sp³-hybridized carbons (Fsp3) is 0.368. The van der Waals surface area contributed by atoms with Gasteiger partial charge in [0.2, 0.25) is 0 Å². The topological polar surface area (TPSA) is 0 Å². The van der Waals surface area contributed by atoms with Gasteiger partial charge in [0, 0.05) is 8.07 Å². The lowest BCUT2D eigenvalue weighted by Gasteiger charge is -2.39. The Morgan fingerprint density at radius 3 is 1.50 bits per heavy atom. The Labute approximate surface area is 123 Å². The van der Waals surface area contributed by atoms with Crippen LogP contribution in [0.4, 0.5) is 0 Å². The van der Waals surface area contributed by atoms with Gasteiger partial charge in [-0.05, 0) is 29.4 Å².